The number of rotatable bonds is 3. The first-order valence-electron chi connectivity index (χ1n) is 5.54. The van der Waals surface area contributed by atoms with Gasteiger partial charge in [0.25, 0.3) is 5.91 Å². The summed E-state index contributed by atoms with van der Waals surface area (Å²) in [6.07, 6.45) is 1.64. The van der Waals surface area contributed by atoms with Crippen LogP contribution in [0.4, 0.5) is 0 Å². The average molecular weight is 233 g/mol. The summed E-state index contributed by atoms with van der Waals surface area (Å²) in [5, 5.41) is 0. The third-order valence-electron chi connectivity index (χ3n) is 2.70. The molecular weight excluding hydrogens is 218 g/mol. The lowest BCUT2D eigenvalue weighted by Gasteiger charge is -2.02. The Morgan fingerprint density at radius 2 is 2.06 bits per heavy atom. The zero-order chi connectivity index (χ0) is 12.6. The SMILES string of the molecule is CCCc1nc(C(N)=O)c2nc(C)n(C)c2n1. The first-order valence-corrected chi connectivity index (χ1v) is 5.54. The van der Waals surface area contributed by atoms with E-state index in [1.165, 1.54) is 0 Å². The Morgan fingerprint density at radius 3 is 2.65 bits per heavy atom. The lowest BCUT2D eigenvalue weighted by molar-refractivity contribution is 0.0996. The summed E-state index contributed by atoms with van der Waals surface area (Å²) in [7, 11) is 1.86. The van der Waals surface area contributed by atoms with Crippen LogP contribution in [-0.2, 0) is 13.5 Å². The Kier molecular flexibility index (Phi) is 2.79. The van der Waals surface area contributed by atoms with Crippen LogP contribution in [0.15, 0.2) is 0 Å². The normalized spacial score (nSPS) is 11.0. The van der Waals surface area contributed by atoms with Gasteiger partial charge in [0.15, 0.2) is 11.3 Å². The summed E-state index contributed by atoms with van der Waals surface area (Å²) in [5.41, 5.74) is 6.68. The highest BCUT2D eigenvalue weighted by Gasteiger charge is 2.17. The Balaban J connectivity index is 2.76. The van der Waals surface area contributed by atoms with E-state index in [2.05, 4.69) is 15.0 Å². The van der Waals surface area contributed by atoms with Crippen molar-refractivity contribution in [2.75, 3.05) is 0 Å². The van der Waals surface area contributed by atoms with Crippen molar-refractivity contribution in [1.82, 2.24) is 19.5 Å². The van der Waals surface area contributed by atoms with E-state index < -0.39 is 5.91 Å². The second-order valence-corrected chi connectivity index (χ2v) is 3.99. The van der Waals surface area contributed by atoms with Crippen LogP contribution >= 0.6 is 0 Å². The number of primary amides is 1. The molecule has 2 N–H and O–H groups in total. The van der Waals surface area contributed by atoms with Crippen molar-refractivity contribution >= 4 is 17.1 Å². The fraction of sp³-hybridized carbons (Fsp3) is 0.455. The summed E-state index contributed by atoms with van der Waals surface area (Å²) >= 11 is 0. The van der Waals surface area contributed by atoms with Gasteiger partial charge in [-0.25, -0.2) is 15.0 Å². The first-order chi connectivity index (χ1) is 8.04. The lowest BCUT2D eigenvalue weighted by atomic mass is 10.3. The second-order valence-electron chi connectivity index (χ2n) is 3.99. The van der Waals surface area contributed by atoms with Gasteiger partial charge in [-0.15, -0.1) is 0 Å². The van der Waals surface area contributed by atoms with E-state index >= 15 is 0 Å². The summed E-state index contributed by atoms with van der Waals surface area (Å²) in [6, 6.07) is 0. The van der Waals surface area contributed by atoms with Crippen LogP contribution in [-0.4, -0.2) is 25.4 Å². The Hall–Kier alpha value is -1.98. The number of hydrogen-bond acceptors (Lipinski definition) is 4. The van der Waals surface area contributed by atoms with E-state index in [0.717, 1.165) is 18.7 Å². The smallest absolute Gasteiger partial charge is 0.269 e. The van der Waals surface area contributed by atoms with E-state index in [1.807, 2.05) is 25.5 Å². The number of hydrogen-bond donors (Lipinski definition) is 1. The minimum atomic E-state index is -0.562. The molecule has 2 aromatic heterocycles. The summed E-state index contributed by atoms with van der Waals surface area (Å²) in [6.45, 7) is 3.89. The van der Waals surface area contributed by atoms with E-state index in [-0.39, 0.29) is 5.69 Å². The van der Waals surface area contributed by atoms with Crippen molar-refractivity contribution in [2.24, 2.45) is 12.8 Å². The first kappa shape index (κ1) is 11.5. The molecule has 6 nitrogen and oxygen atoms in total. The van der Waals surface area contributed by atoms with Gasteiger partial charge in [-0.2, -0.15) is 0 Å². The number of carbonyl (C=O) groups is 1. The number of nitrogens with two attached hydrogens (primary N) is 1. The van der Waals surface area contributed by atoms with E-state index in [4.69, 9.17) is 5.73 Å². The van der Waals surface area contributed by atoms with Gasteiger partial charge < -0.3 is 10.3 Å². The molecule has 0 saturated heterocycles. The standard InChI is InChI=1S/C11H15N5O/c1-4-5-7-14-8(10(12)17)9-11(15-7)16(3)6(2)13-9/h4-5H2,1-3H3,(H2,12,17). The van der Waals surface area contributed by atoms with E-state index in [1.54, 1.807) is 0 Å². The third kappa shape index (κ3) is 1.86. The number of nitrogens with zero attached hydrogens (tertiary/aromatic N) is 4. The van der Waals surface area contributed by atoms with Gasteiger partial charge in [0.2, 0.25) is 0 Å². The number of carbonyl (C=O) groups excluding carboxylic acids is 1. The maximum absolute atomic E-state index is 11.4. The minimum Gasteiger partial charge on any atom is -0.364 e. The Morgan fingerprint density at radius 1 is 1.35 bits per heavy atom. The monoisotopic (exact) mass is 233 g/mol. The quantitative estimate of drug-likeness (QED) is 0.846. The average Bonchev–Trinajstić information content (AvgIpc) is 2.55. The molecule has 90 valence electrons. The van der Waals surface area contributed by atoms with Gasteiger partial charge in [-0.05, 0) is 13.3 Å². The third-order valence-corrected chi connectivity index (χ3v) is 2.70. The topological polar surface area (TPSA) is 86.7 Å². The molecule has 2 aromatic rings. The molecule has 0 aromatic carbocycles. The van der Waals surface area contributed by atoms with Crippen molar-refractivity contribution in [3.63, 3.8) is 0 Å². The molecule has 0 aliphatic heterocycles. The van der Waals surface area contributed by atoms with Gasteiger partial charge in [0.05, 0.1) is 0 Å². The largest absolute Gasteiger partial charge is 0.364 e. The van der Waals surface area contributed by atoms with Crippen LogP contribution in [0, 0.1) is 6.92 Å². The molecule has 0 bridgehead atoms. The number of amides is 1. The highest BCUT2D eigenvalue weighted by Crippen LogP contribution is 2.16. The maximum atomic E-state index is 11.4. The molecule has 0 unspecified atom stereocenters. The van der Waals surface area contributed by atoms with Crippen LogP contribution < -0.4 is 5.73 Å². The van der Waals surface area contributed by atoms with Crippen molar-refractivity contribution in [1.29, 1.82) is 0 Å². The molecular formula is C11H15N5O. The van der Waals surface area contributed by atoms with Crippen molar-refractivity contribution < 1.29 is 4.79 Å². The fourth-order valence-corrected chi connectivity index (χ4v) is 1.72. The molecule has 1 amide bonds. The zero-order valence-electron chi connectivity index (χ0n) is 10.2. The molecule has 0 aliphatic rings. The molecule has 0 radical (unpaired) electrons. The van der Waals surface area contributed by atoms with Crippen molar-refractivity contribution in [3.05, 3.63) is 17.3 Å². The number of fused-ring (bicyclic) bond motifs is 1. The van der Waals surface area contributed by atoms with Crippen LogP contribution in [0.5, 0.6) is 0 Å². The molecule has 0 saturated carbocycles. The lowest BCUT2D eigenvalue weighted by Crippen LogP contribution is -2.16. The molecule has 0 aliphatic carbocycles. The van der Waals surface area contributed by atoms with Gasteiger partial charge in [0.1, 0.15) is 17.2 Å². The van der Waals surface area contributed by atoms with Gasteiger partial charge >= 0.3 is 0 Å². The highest BCUT2D eigenvalue weighted by atomic mass is 16.1. The molecule has 0 spiro atoms. The van der Waals surface area contributed by atoms with Crippen LogP contribution in [0.2, 0.25) is 0 Å². The predicted molar refractivity (Wildman–Crippen MR) is 63.6 cm³/mol. The number of aromatic nitrogens is 4. The molecule has 0 atom stereocenters. The summed E-state index contributed by atoms with van der Waals surface area (Å²) in [4.78, 5) is 24.2. The Bertz CT molecular complexity index is 587. The molecule has 2 rings (SSSR count). The fourth-order valence-electron chi connectivity index (χ4n) is 1.72. The Labute approximate surface area is 98.9 Å². The second kappa shape index (κ2) is 4.12. The summed E-state index contributed by atoms with van der Waals surface area (Å²) in [5.74, 6) is 0.857. The predicted octanol–water partition coefficient (Wildman–Crippen LogP) is 0.723. The molecule has 0 fully saturated rings. The highest BCUT2D eigenvalue weighted by molar-refractivity contribution is 6.01. The molecule has 2 heterocycles. The van der Waals surface area contributed by atoms with Crippen LogP contribution in [0.1, 0.15) is 35.5 Å². The molecule has 17 heavy (non-hydrogen) atoms. The maximum Gasteiger partial charge on any atom is 0.269 e. The van der Waals surface area contributed by atoms with Crippen LogP contribution in [0.3, 0.4) is 0 Å². The van der Waals surface area contributed by atoms with Crippen molar-refractivity contribution in [2.45, 2.75) is 26.7 Å². The summed E-state index contributed by atoms with van der Waals surface area (Å²) < 4.78 is 1.84. The van der Waals surface area contributed by atoms with Gasteiger partial charge in [0, 0.05) is 13.5 Å². The zero-order valence-corrected chi connectivity index (χ0v) is 10.2. The molecule has 6 heteroatoms. The number of imidazole rings is 1. The van der Waals surface area contributed by atoms with Gasteiger partial charge in [-0.1, -0.05) is 6.92 Å². The van der Waals surface area contributed by atoms with Gasteiger partial charge in [-0.3, -0.25) is 4.79 Å². The van der Waals surface area contributed by atoms with Crippen molar-refractivity contribution in [3.8, 4) is 0 Å². The minimum absolute atomic E-state index is 0.210. The van der Waals surface area contributed by atoms with E-state index in [0.29, 0.717) is 17.0 Å². The van der Waals surface area contributed by atoms with Crippen LogP contribution in [0.25, 0.3) is 11.2 Å². The number of aryl methyl sites for hydroxylation is 3. The van der Waals surface area contributed by atoms with E-state index in [9.17, 15) is 4.79 Å².